The molecule has 5 nitrogen and oxygen atoms in total. The lowest BCUT2D eigenvalue weighted by atomic mass is 9.84. The summed E-state index contributed by atoms with van der Waals surface area (Å²) in [4.78, 5) is 0.768. The third kappa shape index (κ3) is 5.97. The smallest absolute Gasteiger partial charge is 0.244 e. The average Bonchev–Trinajstić information content (AvgIpc) is 2.97. The number of nitrogens with zero attached hydrogens (tertiary/aromatic N) is 1. The third-order valence-electron chi connectivity index (χ3n) is 6.93. The fourth-order valence-corrected chi connectivity index (χ4v) is 7.65. The second-order valence-corrected chi connectivity index (χ2v) is 12.5. The molecule has 0 radical (unpaired) electrons. The first-order chi connectivity index (χ1) is 17.8. The number of hydrogen-bond acceptors (Lipinski definition) is 5. The van der Waals surface area contributed by atoms with Crippen molar-refractivity contribution < 1.29 is 22.7 Å². The molecule has 1 heterocycles. The summed E-state index contributed by atoms with van der Waals surface area (Å²) in [5.41, 5.74) is 2.37. The van der Waals surface area contributed by atoms with E-state index >= 15 is 0 Å². The number of hydrogen-bond donors (Lipinski definition) is 1. The Balaban J connectivity index is 1.89. The van der Waals surface area contributed by atoms with Gasteiger partial charge < -0.3 is 9.84 Å². The van der Waals surface area contributed by atoms with Crippen LogP contribution >= 0.6 is 11.8 Å². The second kappa shape index (κ2) is 11.9. The average molecular weight is 544 g/mol. The van der Waals surface area contributed by atoms with Crippen molar-refractivity contribution in [3.8, 4) is 11.5 Å². The van der Waals surface area contributed by atoms with Crippen molar-refractivity contribution in [2.24, 2.45) is 0 Å². The van der Waals surface area contributed by atoms with Gasteiger partial charge >= 0.3 is 0 Å². The van der Waals surface area contributed by atoms with Crippen molar-refractivity contribution in [2.45, 2.75) is 67.8 Å². The molecule has 3 aromatic rings. The van der Waals surface area contributed by atoms with Crippen LogP contribution in [0.3, 0.4) is 0 Å². The lowest BCUT2D eigenvalue weighted by Gasteiger charge is -2.30. The van der Waals surface area contributed by atoms with Crippen LogP contribution in [0, 0.1) is 5.82 Å². The molecular formula is C29H34FNO4S2. The van der Waals surface area contributed by atoms with Crippen LogP contribution < -0.4 is 4.74 Å². The number of methoxy groups -OCH3 is 1. The summed E-state index contributed by atoms with van der Waals surface area (Å²) in [6, 6.07) is 16.7. The summed E-state index contributed by atoms with van der Waals surface area (Å²) < 4.78 is 49.3. The fraction of sp³-hybridized carbons (Fsp3) is 0.379. The van der Waals surface area contributed by atoms with Crippen molar-refractivity contribution in [1.82, 2.24) is 4.31 Å². The Bertz CT molecular complexity index is 1310. The highest BCUT2D eigenvalue weighted by atomic mass is 32.2. The van der Waals surface area contributed by atoms with Crippen LogP contribution in [0.25, 0.3) is 0 Å². The van der Waals surface area contributed by atoms with Crippen molar-refractivity contribution in [3.63, 3.8) is 0 Å². The van der Waals surface area contributed by atoms with E-state index in [2.05, 4.69) is 6.92 Å². The third-order valence-corrected chi connectivity index (χ3v) is 9.81. The Morgan fingerprint density at radius 2 is 1.78 bits per heavy atom. The van der Waals surface area contributed by atoms with Crippen molar-refractivity contribution in [1.29, 1.82) is 0 Å². The number of benzene rings is 3. The maximum Gasteiger partial charge on any atom is 0.244 e. The molecule has 0 saturated carbocycles. The van der Waals surface area contributed by atoms with Crippen LogP contribution in [0.5, 0.6) is 11.5 Å². The van der Waals surface area contributed by atoms with E-state index in [9.17, 15) is 17.9 Å². The van der Waals surface area contributed by atoms with Gasteiger partial charge in [0.05, 0.1) is 12.0 Å². The SMILES string of the molecule is CCCCC1CC(c2ccc(F)cc2)c2cc(SCC)c(O)cc2S(=O)(=O)N1Cc1ccc(OC)cc1. The van der Waals surface area contributed by atoms with Crippen molar-refractivity contribution in [3.05, 3.63) is 83.2 Å². The van der Waals surface area contributed by atoms with Gasteiger partial charge in [-0.1, -0.05) is 51.0 Å². The Morgan fingerprint density at radius 1 is 1.08 bits per heavy atom. The molecule has 0 aliphatic carbocycles. The highest BCUT2D eigenvalue weighted by molar-refractivity contribution is 7.99. The summed E-state index contributed by atoms with van der Waals surface area (Å²) in [5.74, 6) is 0.816. The normalized spacial score (nSPS) is 19.2. The fourth-order valence-electron chi connectivity index (χ4n) is 5.01. The number of phenols is 1. The van der Waals surface area contributed by atoms with Gasteiger partial charge in [-0.25, -0.2) is 12.8 Å². The molecule has 0 fully saturated rings. The number of phenolic OH excluding ortho intramolecular Hbond substituents is 1. The summed E-state index contributed by atoms with van der Waals surface area (Å²) in [5, 5.41) is 10.8. The van der Waals surface area contributed by atoms with Gasteiger partial charge in [0.15, 0.2) is 0 Å². The maximum absolute atomic E-state index is 14.3. The zero-order valence-corrected chi connectivity index (χ0v) is 23.1. The van der Waals surface area contributed by atoms with E-state index in [4.69, 9.17) is 4.74 Å². The molecular weight excluding hydrogens is 509 g/mol. The number of sulfonamides is 1. The predicted octanol–water partition coefficient (Wildman–Crippen LogP) is 6.94. The Labute approximate surface area is 223 Å². The van der Waals surface area contributed by atoms with Gasteiger partial charge in [0.1, 0.15) is 17.3 Å². The first-order valence-electron chi connectivity index (χ1n) is 12.7. The number of halogens is 1. The summed E-state index contributed by atoms with van der Waals surface area (Å²) >= 11 is 1.47. The van der Waals surface area contributed by atoms with Gasteiger partial charge in [-0.3, -0.25) is 0 Å². The number of fused-ring (bicyclic) bond motifs is 1. The lowest BCUT2D eigenvalue weighted by molar-refractivity contribution is 0.276. The molecule has 0 bridgehead atoms. The maximum atomic E-state index is 14.3. The predicted molar refractivity (Wildman–Crippen MR) is 146 cm³/mol. The molecule has 4 rings (SSSR count). The van der Waals surface area contributed by atoms with Crippen LogP contribution in [0.15, 0.2) is 70.5 Å². The molecule has 2 unspecified atom stereocenters. The zero-order chi connectivity index (χ0) is 26.6. The number of rotatable bonds is 9. The molecule has 0 aromatic heterocycles. The van der Waals surface area contributed by atoms with Gasteiger partial charge in [0.2, 0.25) is 10.0 Å². The first-order valence-corrected chi connectivity index (χ1v) is 15.1. The summed E-state index contributed by atoms with van der Waals surface area (Å²) in [6.45, 7) is 4.29. The molecule has 1 aliphatic rings. The minimum Gasteiger partial charge on any atom is -0.507 e. The van der Waals surface area contributed by atoms with E-state index in [1.807, 2.05) is 37.3 Å². The topological polar surface area (TPSA) is 66.8 Å². The van der Waals surface area contributed by atoms with E-state index < -0.39 is 10.0 Å². The quantitative estimate of drug-likeness (QED) is 0.296. The Hall–Kier alpha value is -2.55. The minimum absolute atomic E-state index is 0.0385. The van der Waals surface area contributed by atoms with Crippen molar-refractivity contribution in [2.75, 3.05) is 12.9 Å². The zero-order valence-electron chi connectivity index (χ0n) is 21.5. The minimum atomic E-state index is -3.96. The summed E-state index contributed by atoms with van der Waals surface area (Å²) in [6.07, 6.45) is 3.10. The van der Waals surface area contributed by atoms with Crippen LogP contribution in [-0.2, 0) is 16.6 Å². The van der Waals surface area contributed by atoms with E-state index in [0.717, 1.165) is 29.7 Å². The number of ether oxygens (including phenoxy) is 1. The molecule has 1 aliphatic heterocycles. The monoisotopic (exact) mass is 543 g/mol. The number of thioether (sulfide) groups is 1. The van der Waals surface area contributed by atoms with Gasteiger partial charge in [0.25, 0.3) is 0 Å². The molecule has 0 spiro atoms. The highest BCUT2D eigenvalue weighted by Gasteiger charge is 2.40. The van der Waals surface area contributed by atoms with Gasteiger partial charge in [0, 0.05) is 29.5 Å². The Morgan fingerprint density at radius 3 is 2.41 bits per heavy atom. The Kier molecular flexibility index (Phi) is 8.82. The first kappa shape index (κ1) is 27.5. The van der Waals surface area contributed by atoms with E-state index in [1.165, 1.54) is 30.0 Å². The second-order valence-electron chi connectivity index (χ2n) is 9.33. The highest BCUT2D eigenvalue weighted by Crippen LogP contribution is 2.45. The molecule has 3 aromatic carbocycles. The lowest BCUT2D eigenvalue weighted by Crippen LogP contribution is -2.39. The van der Waals surface area contributed by atoms with E-state index in [1.54, 1.807) is 23.5 Å². The largest absolute Gasteiger partial charge is 0.507 e. The van der Waals surface area contributed by atoms with Crippen molar-refractivity contribution >= 4 is 21.8 Å². The molecule has 2 atom stereocenters. The van der Waals surface area contributed by atoms with Crippen LogP contribution in [-0.4, -0.2) is 36.7 Å². The number of unbranched alkanes of at least 4 members (excludes halogenated alkanes) is 1. The molecule has 0 saturated heterocycles. The van der Waals surface area contributed by atoms with Gasteiger partial charge in [-0.2, -0.15) is 4.31 Å². The van der Waals surface area contributed by atoms with E-state index in [-0.39, 0.29) is 35.0 Å². The molecule has 0 amide bonds. The standard InChI is InChI=1S/C29H34FNO4S2/c1-4-6-7-23-16-25(21-10-12-22(30)13-11-21)26-17-28(36-5-2)27(32)18-29(26)37(33,34)31(23)19-20-8-14-24(35-3)15-9-20/h8-15,17-18,23,25,32H,4-7,16,19H2,1-3H3. The number of aromatic hydroxyl groups is 1. The molecule has 198 valence electrons. The summed E-state index contributed by atoms with van der Waals surface area (Å²) in [7, 11) is -2.36. The van der Waals surface area contributed by atoms with Crippen LogP contribution in [0.2, 0.25) is 0 Å². The molecule has 8 heteroatoms. The molecule has 1 N–H and O–H groups in total. The molecule has 37 heavy (non-hydrogen) atoms. The van der Waals surface area contributed by atoms with Crippen LogP contribution in [0.1, 0.15) is 62.1 Å². The van der Waals surface area contributed by atoms with E-state index in [0.29, 0.717) is 29.1 Å². The van der Waals surface area contributed by atoms with Crippen LogP contribution in [0.4, 0.5) is 4.39 Å². The van der Waals surface area contributed by atoms with Gasteiger partial charge in [-0.15, -0.1) is 11.8 Å². The van der Waals surface area contributed by atoms with Gasteiger partial charge in [-0.05, 0) is 65.6 Å².